The van der Waals surface area contributed by atoms with E-state index in [1.807, 2.05) is 6.07 Å². The zero-order valence-electron chi connectivity index (χ0n) is 24.9. The predicted molar refractivity (Wildman–Crippen MR) is 189 cm³/mol. The summed E-state index contributed by atoms with van der Waals surface area (Å²) in [6.07, 6.45) is 0. The summed E-state index contributed by atoms with van der Waals surface area (Å²) < 4.78 is 6.45. The van der Waals surface area contributed by atoms with E-state index < -0.39 is 5.41 Å². The van der Waals surface area contributed by atoms with Crippen LogP contribution in [0.3, 0.4) is 0 Å². The lowest BCUT2D eigenvalue weighted by molar-refractivity contribution is 0.487. The van der Waals surface area contributed by atoms with Crippen molar-refractivity contribution in [2.45, 2.75) is 5.41 Å². The highest BCUT2D eigenvalue weighted by molar-refractivity contribution is 6.10. The molecule has 1 aliphatic heterocycles. The molecule has 0 saturated heterocycles. The van der Waals surface area contributed by atoms with Crippen LogP contribution < -0.4 is 4.74 Å². The first-order valence-corrected chi connectivity index (χ1v) is 16.0. The van der Waals surface area contributed by atoms with Crippen LogP contribution in [0.15, 0.2) is 158 Å². The molecule has 2 aliphatic carbocycles. The van der Waals surface area contributed by atoms with Gasteiger partial charge in [0, 0.05) is 10.9 Å². The van der Waals surface area contributed by atoms with Crippen molar-refractivity contribution in [3.63, 3.8) is 0 Å². The van der Waals surface area contributed by atoms with Crippen LogP contribution in [0.4, 0.5) is 0 Å². The molecule has 46 heavy (non-hydrogen) atoms. The molecule has 212 valence electrons. The predicted octanol–water partition coefficient (Wildman–Crippen LogP) is 11.8. The molecule has 1 spiro atoms. The van der Waals surface area contributed by atoms with Gasteiger partial charge in [-0.3, -0.25) is 0 Å². The summed E-state index contributed by atoms with van der Waals surface area (Å²) >= 11 is 0. The summed E-state index contributed by atoms with van der Waals surface area (Å²) in [6, 6.07) is 58.3. The van der Waals surface area contributed by atoms with Crippen LogP contribution in [0.5, 0.6) is 11.5 Å². The van der Waals surface area contributed by atoms with Gasteiger partial charge in [-0.25, -0.2) is 0 Å². The number of para-hydroxylation sites is 1. The van der Waals surface area contributed by atoms with Gasteiger partial charge in [-0.2, -0.15) is 0 Å². The highest BCUT2D eigenvalue weighted by Crippen LogP contribution is 2.63. The van der Waals surface area contributed by atoms with Gasteiger partial charge in [-0.05, 0) is 108 Å². The second kappa shape index (κ2) is 8.62. The maximum atomic E-state index is 6.45. The highest BCUT2D eigenvalue weighted by Gasteiger charge is 2.51. The molecule has 1 heteroatoms. The maximum absolute atomic E-state index is 6.45. The normalized spacial score (nSPS) is 16.1. The molecule has 0 radical (unpaired) electrons. The molecular formula is C45H26O. The average molecular weight is 583 g/mol. The molecule has 3 aliphatic rings. The van der Waals surface area contributed by atoms with Gasteiger partial charge >= 0.3 is 0 Å². The van der Waals surface area contributed by atoms with E-state index in [2.05, 4.69) is 152 Å². The molecule has 1 unspecified atom stereocenters. The molecule has 11 rings (SSSR count). The molecule has 1 heterocycles. The van der Waals surface area contributed by atoms with Gasteiger partial charge in [-0.1, -0.05) is 127 Å². The van der Waals surface area contributed by atoms with Gasteiger partial charge in [0.1, 0.15) is 11.5 Å². The number of rotatable bonds is 1. The third-order valence-corrected chi connectivity index (χ3v) is 10.7. The third kappa shape index (κ3) is 2.91. The molecule has 0 amide bonds. The van der Waals surface area contributed by atoms with Crippen LogP contribution in [0, 0.1) is 0 Å². The smallest absolute Gasteiger partial charge is 0.135 e. The summed E-state index contributed by atoms with van der Waals surface area (Å²) in [6.45, 7) is 0. The number of benzene rings is 8. The van der Waals surface area contributed by atoms with E-state index in [4.69, 9.17) is 4.74 Å². The quantitative estimate of drug-likeness (QED) is 0.187. The van der Waals surface area contributed by atoms with Gasteiger partial charge in [0.2, 0.25) is 0 Å². The van der Waals surface area contributed by atoms with Gasteiger partial charge in [0.05, 0.1) is 5.41 Å². The molecule has 0 aromatic heterocycles. The largest absolute Gasteiger partial charge is 0.456 e. The minimum absolute atomic E-state index is 0.397. The van der Waals surface area contributed by atoms with Crippen molar-refractivity contribution in [1.82, 2.24) is 0 Å². The Bertz CT molecular complexity index is 2630. The molecule has 0 N–H and O–H groups in total. The molecule has 0 bridgehead atoms. The first-order chi connectivity index (χ1) is 22.8. The number of fused-ring (bicyclic) bond motifs is 13. The Hall–Kier alpha value is -5.92. The van der Waals surface area contributed by atoms with E-state index in [9.17, 15) is 0 Å². The summed E-state index contributed by atoms with van der Waals surface area (Å²) in [5, 5.41) is 4.95. The lowest BCUT2D eigenvalue weighted by Crippen LogP contribution is -2.25. The van der Waals surface area contributed by atoms with E-state index in [1.54, 1.807) is 0 Å². The molecule has 8 aromatic carbocycles. The Morgan fingerprint density at radius 3 is 1.78 bits per heavy atom. The van der Waals surface area contributed by atoms with Gasteiger partial charge in [0.15, 0.2) is 0 Å². The van der Waals surface area contributed by atoms with Gasteiger partial charge in [-0.15, -0.1) is 0 Å². The fraction of sp³-hybridized carbons (Fsp3) is 0.0222. The molecular weight excluding hydrogens is 556 g/mol. The Morgan fingerprint density at radius 2 is 0.957 bits per heavy atom. The summed E-state index contributed by atoms with van der Waals surface area (Å²) in [4.78, 5) is 0. The maximum Gasteiger partial charge on any atom is 0.135 e. The summed E-state index contributed by atoms with van der Waals surface area (Å²) in [5.41, 5.74) is 15.2. The monoisotopic (exact) mass is 582 g/mol. The number of hydrogen-bond donors (Lipinski definition) is 0. The summed E-state index contributed by atoms with van der Waals surface area (Å²) in [7, 11) is 0. The van der Waals surface area contributed by atoms with Crippen LogP contribution in [0.1, 0.15) is 22.3 Å². The zero-order chi connectivity index (χ0) is 30.0. The van der Waals surface area contributed by atoms with E-state index in [0.717, 1.165) is 17.1 Å². The Morgan fingerprint density at radius 1 is 0.348 bits per heavy atom. The minimum Gasteiger partial charge on any atom is -0.456 e. The molecule has 1 atom stereocenters. The lowest BCUT2D eigenvalue weighted by Gasteiger charge is -2.31. The summed E-state index contributed by atoms with van der Waals surface area (Å²) in [5.74, 6) is 1.84. The van der Waals surface area contributed by atoms with Crippen molar-refractivity contribution in [2.75, 3.05) is 0 Å². The average Bonchev–Trinajstić information content (AvgIpc) is 3.57. The van der Waals surface area contributed by atoms with Crippen molar-refractivity contribution < 1.29 is 4.74 Å². The van der Waals surface area contributed by atoms with Crippen molar-refractivity contribution in [3.05, 3.63) is 180 Å². The first-order valence-electron chi connectivity index (χ1n) is 16.0. The topological polar surface area (TPSA) is 9.23 Å². The van der Waals surface area contributed by atoms with Crippen LogP contribution in [-0.2, 0) is 5.41 Å². The Kier molecular flexibility index (Phi) is 4.57. The van der Waals surface area contributed by atoms with E-state index >= 15 is 0 Å². The van der Waals surface area contributed by atoms with Crippen molar-refractivity contribution >= 4 is 21.5 Å². The van der Waals surface area contributed by atoms with Crippen molar-refractivity contribution in [1.29, 1.82) is 0 Å². The Balaban J connectivity index is 1.22. The zero-order valence-corrected chi connectivity index (χ0v) is 24.9. The Labute approximate surface area is 267 Å². The second-order valence-corrected chi connectivity index (χ2v) is 12.8. The number of ether oxygens (including phenoxy) is 1. The highest BCUT2D eigenvalue weighted by atomic mass is 16.5. The molecule has 1 nitrogen and oxygen atoms in total. The van der Waals surface area contributed by atoms with E-state index in [1.165, 1.54) is 82.7 Å². The standard InChI is InChI=1S/C45H26O/c1-2-11-28-25-41-37(24-27(28)10-1)32-13-4-7-18-39(32)45(41)38-17-6-3-12-31(38)33-21-20-29(26-40(33)45)30-22-23-43-44-35(30)15-9-16-36(44)34-14-5-8-19-42(34)46-43/h1-26H. The van der Waals surface area contributed by atoms with Crippen molar-refractivity contribution in [3.8, 4) is 56.0 Å². The van der Waals surface area contributed by atoms with E-state index in [0.29, 0.717) is 0 Å². The van der Waals surface area contributed by atoms with Gasteiger partial charge < -0.3 is 4.74 Å². The van der Waals surface area contributed by atoms with Crippen LogP contribution in [0.2, 0.25) is 0 Å². The second-order valence-electron chi connectivity index (χ2n) is 12.8. The number of hydrogen-bond acceptors (Lipinski definition) is 1. The van der Waals surface area contributed by atoms with Crippen LogP contribution in [-0.4, -0.2) is 0 Å². The van der Waals surface area contributed by atoms with Crippen LogP contribution in [0.25, 0.3) is 66.1 Å². The fourth-order valence-corrected chi connectivity index (χ4v) is 8.82. The molecule has 0 fully saturated rings. The molecule has 8 aromatic rings. The minimum atomic E-state index is -0.397. The SMILES string of the molecule is c1ccc2c(c1)Oc1ccc(-c3ccc4c(c3)C3(c5ccccc5-4)c4ccccc4-c4cc5ccccc5cc43)c3cccc-2c13. The molecule has 0 saturated carbocycles. The first kappa shape index (κ1) is 24.4. The van der Waals surface area contributed by atoms with E-state index in [-0.39, 0.29) is 0 Å². The van der Waals surface area contributed by atoms with Crippen molar-refractivity contribution in [2.24, 2.45) is 0 Å². The van der Waals surface area contributed by atoms with Crippen LogP contribution >= 0.6 is 0 Å². The van der Waals surface area contributed by atoms with Gasteiger partial charge in [0.25, 0.3) is 0 Å². The third-order valence-electron chi connectivity index (χ3n) is 10.7. The fourth-order valence-electron chi connectivity index (χ4n) is 8.82. The lowest BCUT2D eigenvalue weighted by atomic mass is 9.70.